The molecule has 3 heterocycles. The molecule has 1 amide bonds. The number of aromatic nitrogens is 1. The van der Waals surface area contributed by atoms with E-state index in [4.69, 9.17) is 9.26 Å². The molecular weight excluding hydrogens is 398 g/mol. The first kappa shape index (κ1) is 22.2. The number of rotatable bonds is 6. The molecule has 1 aromatic rings. The van der Waals surface area contributed by atoms with Crippen LogP contribution in [0.2, 0.25) is 0 Å². The maximum absolute atomic E-state index is 13.0. The summed E-state index contributed by atoms with van der Waals surface area (Å²) in [6, 6.07) is 1.32. The second-order valence-corrected chi connectivity index (χ2v) is 9.68. The lowest BCUT2D eigenvalue weighted by atomic mass is 10.1. The molecule has 0 radical (unpaired) electrons. The zero-order chi connectivity index (χ0) is 21.2. The Morgan fingerprint density at radius 3 is 2.34 bits per heavy atom. The Labute approximate surface area is 172 Å². The predicted molar refractivity (Wildman–Crippen MR) is 108 cm³/mol. The summed E-state index contributed by atoms with van der Waals surface area (Å²) in [7, 11) is -3.54. The van der Waals surface area contributed by atoms with Crippen molar-refractivity contribution in [1.29, 1.82) is 0 Å². The van der Waals surface area contributed by atoms with Gasteiger partial charge in [0.05, 0.1) is 18.2 Å². The SMILES string of the molecule is CC[C@@H](C(=O)Nc1cc(C)on1)N1CCN(S(=O)(=O)N2C[C@@H](C)O[C@@H](C)C2)CC1. The van der Waals surface area contributed by atoms with Crippen molar-refractivity contribution >= 4 is 21.9 Å². The van der Waals surface area contributed by atoms with E-state index in [9.17, 15) is 13.2 Å². The Balaban J connectivity index is 1.59. The first-order valence-electron chi connectivity index (χ1n) is 10.1. The molecule has 29 heavy (non-hydrogen) atoms. The van der Waals surface area contributed by atoms with Gasteiger partial charge >= 0.3 is 0 Å². The molecule has 0 aromatic carbocycles. The Kier molecular flexibility index (Phi) is 6.94. The average molecular weight is 430 g/mol. The van der Waals surface area contributed by atoms with E-state index in [-0.39, 0.29) is 24.2 Å². The zero-order valence-electron chi connectivity index (χ0n) is 17.5. The van der Waals surface area contributed by atoms with Gasteiger partial charge in [-0.2, -0.15) is 17.0 Å². The van der Waals surface area contributed by atoms with E-state index < -0.39 is 10.2 Å². The maximum atomic E-state index is 13.0. The van der Waals surface area contributed by atoms with Crippen molar-refractivity contribution in [3.63, 3.8) is 0 Å². The van der Waals surface area contributed by atoms with Gasteiger partial charge in [-0.3, -0.25) is 9.69 Å². The van der Waals surface area contributed by atoms with Gasteiger partial charge in [-0.1, -0.05) is 12.1 Å². The third-order valence-corrected chi connectivity index (χ3v) is 7.29. The number of carbonyl (C=O) groups excluding carboxylic acids is 1. The number of hydrogen-bond acceptors (Lipinski definition) is 7. The Morgan fingerprint density at radius 2 is 1.83 bits per heavy atom. The number of morpholine rings is 1. The van der Waals surface area contributed by atoms with E-state index in [0.717, 1.165) is 0 Å². The van der Waals surface area contributed by atoms with Crippen LogP contribution >= 0.6 is 0 Å². The summed E-state index contributed by atoms with van der Waals surface area (Å²) < 4.78 is 39.7. The van der Waals surface area contributed by atoms with Crippen LogP contribution in [0, 0.1) is 6.92 Å². The van der Waals surface area contributed by atoms with Crippen molar-refractivity contribution in [1.82, 2.24) is 18.7 Å². The summed E-state index contributed by atoms with van der Waals surface area (Å²) in [6.07, 6.45) is 0.375. The molecule has 2 fully saturated rings. The minimum atomic E-state index is -3.54. The van der Waals surface area contributed by atoms with Gasteiger partial charge in [0.15, 0.2) is 5.82 Å². The summed E-state index contributed by atoms with van der Waals surface area (Å²) in [6.45, 7) is 9.91. The van der Waals surface area contributed by atoms with Crippen LogP contribution in [0.25, 0.3) is 0 Å². The molecule has 3 rings (SSSR count). The summed E-state index contributed by atoms with van der Waals surface area (Å²) in [5, 5.41) is 6.57. The number of hydrogen-bond donors (Lipinski definition) is 1. The lowest BCUT2D eigenvalue weighted by Crippen LogP contribution is -2.59. The number of nitrogens with one attached hydrogen (secondary N) is 1. The molecule has 1 aromatic heterocycles. The van der Waals surface area contributed by atoms with E-state index in [1.165, 1.54) is 8.61 Å². The van der Waals surface area contributed by atoms with E-state index >= 15 is 0 Å². The molecule has 2 aliphatic rings. The molecule has 1 N–H and O–H groups in total. The largest absolute Gasteiger partial charge is 0.373 e. The van der Waals surface area contributed by atoms with Gasteiger partial charge in [-0.15, -0.1) is 0 Å². The minimum Gasteiger partial charge on any atom is -0.373 e. The fourth-order valence-electron chi connectivity index (χ4n) is 3.97. The van der Waals surface area contributed by atoms with Crippen LogP contribution in [0.5, 0.6) is 0 Å². The zero-order valence-corrected chi connectivity index (χ0v) is 18.3. The summed E-state index contributed by atoms with van der Waals surface area (Å²) in [5.41, 5.74) is 0. The number of anilines is 1. The van der Waals surface area contributed by atoms with Crippen molar-refractivity contribution in [2.45, 2.75) is 52.4 Å². The van der Waals surface area contributed by atoms with Gasteiger partial charge in [-0.05, 0) is 27.2 Å². The quantitative estimate of drug-likeness (QED) is 0.708. The number of piperazine rings is 1. The lowest BCUT2D eigenvalue weighted by Gasteiger charge is -2.41. The van der Waals surface area contributed by atoms with Crippen molar-refractivity contribution in [3.8, 4) is 0 Å². The van der Waals surface area contributed by atoms with Crippen molar-refractivity contribution in [2.24, 2.45) is 0 Å². The highest BCUT2D eigenvalue weighted by molar-refractivity contribution is 7.86. The van der Waals surface area contributed by atoms with Crippen LogP contribution in [0.15, 0.2) is 10.6 Å². The molecule has 2 aliphatic heterocycles. The molecule has 10 nitrogen and oxygen atoms in total. The molecule has 3 atom stereocenters. The number of amides is 1. The molecule has 11 heteroatoms. The Hall–Kier alpha value is -1.53. The van der Waals surface area contributed by atoms with Gasteiger partial charge in [0.2, 0.25) is 5.91 Å². The number of nitrogens with zero attached hydrogens (tertiary/aromatic N) is 4. The molecule has 0 spiro atoms. The van der Waals surface area contributed by atoms with Crippen LogP contribution in [0.1, 0.15) is 33.0 Å². The number of aryl methyl sites for hydroxylation is 1. The fourth-order valence-corrected chi connectivity index (χ4v) is 5.72. The van der Waals surface area contributed by atoms with E-state index in [2.05, 4.69) is 10.5 Å². The Morgan fingerprint density at radius 1 is 1.21 bits per heavy atom. The van der Waals surface area contributed by atoms with Crippen LogP contribution in [0.4, 0.5) is 5.82 Å². The molecule has 0 bridgehead atoms. The monoisotopic (exact) mass is 429 g/mol. The summed E-state index contributed by atoms with van der Waals surface area (Å²) in [4.78, 5) is 14.7. The lowest BCUT2D eigenvalue weighted by molar-refractivity contribution is -0.122. The van der Waals surface area contributed by atoms with Gasteiger partial charge in [0.1, 0.15) is 5.76 Å². The summed E-state index contributed by atoms with van der Waals surface area (Å²) in [5.74, 6) is 0.856. The van der Waals surface area contributed by atoms with Gasteiger partial charge in [0, 0.05) is 45.3 Å². The highest BCUT2D eigenvalue weighted by Crippen LogP contribution is 2.20. The van der Waals surface area contributed by atoms with Crippen molar-refractivity contribution in [2.75, 3.05) is 44.6 Å². The van der Waals surface area contributed by atoms with Crippen molar-refractivity contribution < 1.29 is 22.5 Å². The maximum Gasteiger partial charge on any atom is 0.282 e. The summed E-state index contributed by atoms with van der Waals surface area (Å²) >= 11 is 0. The van der Waals surface area contributed by atoms with Crippen molar-refractivity contribution in [3.05, 3.63) is 11.8 Å². The van der Waals surface area contributed by atoms with Crippen LogP contribution < -0.4 is 5.32 Å². The van der Waals surface area contributed by atoms with Gasteiger partial charge in [0.25, 0.3) is 10.2 Å². The molecule has 0 unspecified atom stereocenters. The van der Waals surface area contributed by atoms with E-state index in [1.807, 2.05) is 25.7 Å². The first-order valence-corrected chi connectivity index (χ1v) is 11.5. The molecule has 0 saturated carbocycles. The minimum absolute atomic E-state index is 0.122. The van der Waals surface area contributed by atoms with Crippen LogP contribution in [-0.4, -0.2) is 90.5 Å². The molecule has 164 valence electrons. The highest BCUT2D eigenvalue weighted by atomic mass is 32.2. The van der Waals surface area contributed by atoms with E-state index in [1.54, 1.807) is 13.0 Å². The van der Waals surface area contributed by atoms with Crippen LogP contribution in [-0.2, 0) is 19.7 Å². The number of carbonyl (C=O) groups is 1. The smallest absolute Gasteiger partial charge is 0.282 e. The standard InChI is InChI=1S/C18H31N5O5S/c1-5-16(18(24)19-17-10-13(2)28-20-17)21-6-8-22(9-7-21)29(25,26)23-11-14(3)27-15(4)12-23/h10,14-16H,5-9,11-12H2,1-4H3,(H,19,20,24)/t14-,15+,16-/m0/s1. The molecule has 0 aliphatic carbocycles. The normalized spacial score (nSPS) is 26.3. The first-order chi connectivity index (χ1) is 13.7. The third-order valence-electron chi connectivity index (χ3n) is 5.32. The predicted octanol–water partition coefficient (Wildman–Crippen LogP) is 0.672. The number of ether oxygens (including phenoxy) is 1. The topological polar surface area (TPSA) is 108 Å². The third kappa shape index (κ3) is 5.15. The van der Waals surface area contributed by atoms with Gasteiger partial charge < -0.3 is 14.6 Å². The van der Waals surface area contributed by atoms with E-state index in [0.29, 0.717) is 57.3 Å². The molecule has 2 saturated heterocycles. The fraction of sp³-hybridized carbons (Fsp3) is 0.778. The second-order valence-electron chi connectivity index (χ2n) is 7.75. The highest BCUT2D eigenvalue weighted by Gasteiger charge is 2.38. The van der Waals surface area contributed by atoms with Gasteiger partial charge in [-0.25, -0.2) is 0 Å². The Bertz CT molecular complexity index is 795. The van der Waals surface area contributed by atoms with Crippen LogP contribution in [0.3, 0.4) is 0 Å². The average Bonchev–Trinajstić information content (AvgIpc) is 3.06. The molecular formula is C18H31N5O5S. The second kappa shape index (κ2) is 9.09.